The summed E-state index contributed by atoms with van der Waals surface area (Å²) in [5.74, 6) is 0. The van der Waals surface area contributed by atoms with Crippen molar-refractivity contribution >= 4 is 0 Å². The Balaban J connectivity index is 4.95. The molecular formula is C5H6F6I-. The summed E-state index contributed by atoms with van der Waals surface area (Å²) in [6, 6.07) is 0. The second-order valence-electron chi connectivity index (χ2n) is 2.19. The average molecular weight is 307 g/mol. The second-order valence-corrected chi connectivity index (χ2v) is 5.42. The first kappa shape index (κ1) is 12.3. The minimum absolute atomic E-state index is 0.209. The van der Waals surface area contributed by atoms with Crippen molar-refractivity contribution in [2.75, 3.05) is 4.93 Å². The molecule has 0 saturated heterocycles. The molecule has 0 unspecified atom stereocenters. The van der Waals surface area contributed by atoms with Gasteiger partial charge in [0.25, 0.3) is 0 Å². The Hall–Kier alpha value is 0.310. The van der Waals surface area contributed by atoms with Crippen molar-refractivity contribution in [1.29, 1.82) is 0 Å². The summed E-state index contributed by atoms with van der Waals surface area (Å²) in [6.07, 6.45) is -10.4. The zero-order chi connectivity index (χ0) is 10.2. The minimum atomic E-state index is -5.19. The molecule has 0 radical (unpaired) electrons. The molecule has 0 aromatic rings. The van der Waals surface area contributed by atoms with Crippen molar-refractivity contribution in [3.05, 3.63) is 0 Å². The summed E-state index contributed by atoms with van der Waals surface area (Å²) in [5, 5.41) is 0. The topological polar surface area (TPSA) is 0 Å². The summed E-state index contributed by atoms with van der Waals surface area (Å²) in [4.78, 5) is 0.972. The molecule has 0 bridgehead atoms. The van der Waals surface area contributed by atoms with Crippen LogP contribution in [0.4, 0.5) is 26.3 Å². The summed E-state index contributed by atoms with van der Waals surface area (Å²) >= 11 is -1.97. The molecule has 0 atom stereocenters. The van der Waals surface area contributed by atoms with E-state index >= 15 is 0 Å². The Kier molecular flexibility index (Phi) is 3.31. The molecule has 0 spiro atoms. The van der Waals surface area contributed by atoms with Gasteiger partial charge in [-0.2, -0.15) is 0 Å². The third-order valence-electron chi connectivity index (χ3n) is 1.44. The van der Waals surface area contributed by atoms with Crippen molar-refractivity contribution in [2.45, 2.75) is 22.7 Å². The van der Waals surface area contributed by atoms with Gasteiger partial charge >= 0.3 is 75.2 Å². The Morgan fingerprint density at radius 2 is 1.08 bits per heavy atom. The normalized spacial score (nSPS) is 15.3. The molecule has 0 aromatic carbocycles. The third-order valence-corrected chi connectivity index (χ3v) is 4.82. The number of rotatable bonds is 1. The molecular weight excluding hydrogens is 301 g/mol. The van der Waals surface area contributed by atoms with Crippen LogP contribution in [0.1, 0.15) is 6.92 Å². The molecule has 0 nitrogen and oxygen atoms in total. The van der Waals surface area contributed by atoms with Crippen molar-refractivity contribution in [3.63, 3.8) is 0 Å². The molecule has 0 N–H and O–H groups in total. The van der Waals surface area contributed by atoms with Crippen LogP contribution in [0.15, 0.2) is 0 Å². The van der Waals surface area contributed by atoms with E-state index in [1.54, 1.807) is 0 Å². The van der Waals surface area contributed by atoms with Crippen LogP contribution < -0.4 is 21.2 Å². The van der Waals surface area contributed by atoms with E-state index in [9.17, 15) is 26.3 Å². The van der Waals surface area contributed by atoms with Crippen LogP contribution in [-0.2, 0) is 0 Å². The van der Waals surface area contributed by atoms with E-state index < -0.39 is 37.0 Å². The predicted octanol–water partition coefficient (Wildman–Crippen LogP) is -0.412. The van der Waals surface area contributed by atoms with Gasteiger partial charge in [-0.05, 0) is 0 Å². The molecule has 0 aromatic heterocycles. The van der Waals surface area contributed by atoms with Gasteiger partial charge in [-0.1, -0.05) is 0 Å². The van der Waals surface area contributed by atoms with Crippen LogP contribution in [0.3, 0.4) is 0 Å². The van der Waals surface area contributed by atoms with Gasteiger partial charge in [-0.15, -0.1) is 0 Å². The number of halogens is 7. The fourth-order valence-corrected chi connectivity index (χ4v) is 1.60. The first-order valence-electron chi connectivity index (χ1n) is 2.70. The summed E-state index contributed by atoms with van der Waals surface area (Å²) in [6.45, 7) is 0.209. The zero-order valence-electron chi connectivity index (χ0n) is 6.15. The van der Waals surface area contributed by atoms with Gasteiger partial charge in [0, 0.05) is 0 Å². The van der Waals surface area contributed by atoms with E-state index in [2.05, 4.69) is 0 Å². The van der Waals surface area contributed by atoms with Crippen molar-refractivity contribution in [1.82, 2.24) is 0 Å². The monoisotopic (exact) mass is 307 g/mol. The van der Waals surface area contributed by atoms with Crippen LogP contribution in [0, 0.1) is 0 Å². The van der Waals surface area contributed by atoms with Gasteiger partial charge in [-0.25, -0.2) is 0 Å². The van der Waals surface area contributed by atoms with Gasteiger partial charge in [-0.3, -0.25) is 0 Å². The van der Waals surface area contributed by atoms with Crippen molar-refractivity contribution < 1.29 is 47.5 Å². The van der Waals surface area contributed by atoms with E-state index in [1.165, 1.54) is 0 Å². The van der Waals surface area contributed by atoms with Crippen molar-refractivity contribution in [3.8, 4) is 0 Å². The summed E-state index contributed by atoms with van der Waals surface area (Å²) < 4.78 is 68.0. The van der Waals surface area contributed by atoms with Crippen LogP contribution in [0.2, 0.25) is 0 Å². The van der Waals surface area contributed by atoms with Crippen LogP contribution >= 0.6 is 0 Å². The summed E-state index contributed by atoms with van der Waals surface area (Å²) in [7, 11) is 0. The Morgan fingerprint density at radius 3 is 1.08 bits per heavy atom. The van der Waals surface area contributed by atoms with Gasteiger partial charge < -0.3 is 0 Å². The molecule has 0 saturated carbocycles. The zero-order valence-corrected chi connectivity index (χ0v) is 8.30. The van der Waals surface area contributed by atoms with E-state index in [-0.39, 0.29) is 6.92 Å². The van der Waals surface area contributed by atoms with E-state index in [4.69, 9.17) is 0 Å². The maximum absolute atomic E-state index is 11.9. The molecule has 0 rings (SSSR count). The molecule has 7 heteroatoms. The van der Waals surface area contributed by atoms with Crippen LogP contribution in [-0.4, -0.2) is 20.7 Å². The van der Waals surface area contributed by atoms with E-state index in [0.717, 1.165) is 4.93 Å². The molecule has 12 heavy (non-hydrogen) atoms. The molecule has 0 aliphatic carbocycles. The van der Waals surface area contributed by atoms with Crippen molar-refractivity contribution in [2.24, 2.45) is 0 Å². The fraction of sp³-hybridized carbons (Fsp3) is 1.00. The maximum atomic E-state index is 11.9. The second kappa shape index (κ2) is 3.22. The van der Waals surface area contributed by atoms with Gasteiger partial charge in [0.05, 0.1) is 0 Å². The molecule has 76 valence electrons. The molecule has 0 fully saturated rings. The van der Waals surface area contributed by atoms with Crippen LogP contribution in [0.5, 0.6) is 0 Å². The first-order chi connectivity index (χ1) is 5.06. The quantitative estimate of drug-likeness (QED) is 0.351. The Bertz CT molecular complexity index is 142. The Labute approximate surface area is 75.6 Å². The van der Waals surface area contributed by atoms with E-state index in [0.29, 0.717) is 0 Å². The number of alkyl halides is 8. The molecule has 0 heterocycles. The van der Waals surface area contributed by atoms with Gasteiger partial charge in [0.2, 0.25) is 0 Å². The summed E-state index contributed by atoms with van der Waals surface area (Å²) in [5.41, 5.74) is 0. The molecule has 0 amide bonds. The molecule has 0 aliphatic rings. The first-order valence-corrected chi connectivity index (χ1v) is 5.94. The predicted molar refractivity (Wildman–Crippen MR) is 26.4 cm³/mol. The SMILES string of the molecule is C[I-]C(C)(C(F)(F)F)C(F)(F)F. The third kappa shape index (κ3) is 1.97. The average Bonchev–Trinajstić information content (AvgIpc) is 1.81. The standard InChI is InChI=1S/C5H6F6I/c1-3(12-2,4(6,7)8)5(9,10)11/h1-2H3/q-1. The molecule has 0 aliphatic heterocycles. The Morgan fingerprint density at radius 1 is 0.833 bits per heavy atom. The van der Waals surface area contributed by atoms with Gasteiger partial charge in [0.1, 0.15) is 0 Å². The number of hydrogen-bond acceptors (Lipinski definition) is 0. The van der Waals surface area contributed by atoms with Gasteiger partial charge in [0.15, 0.2) is 0 Å². The fourth-order valence-electron chi connectivity index (χ4n) is 0.375. The number of hydrogen-bond donors (Lipinski definition) is 0. The van der Waals surface area contributed by atoms with E-state index in [1.807, 2.05) is 0 Å². The van der Waals surface area contributed by atoms with Crippen LogP contribution in [0.25, 0.3) is 0 Å².